The van der Waals surface area contributed by atoms with Crippen molar-refractivity contribution in [2.24, 2.45) is 5.92 Å². The second-order valence-electron chi connectivity index (χ2n) is 7.67. The van der Waals surface area contributed by atoms with Crippen LogP contribution in [0.25, 0.3) is 11.1 Å². The van der Waals surface area contributed by atoms with Gasteiger partial charge in [0.25, 0.3) is 0 Å². The fourth-order valence-electron chi connectivity index (χ4n) is 3.62. The molecule has 7 heteroatoms. The van der Waals surface area contributed by atoms with E-state index in [1.807, 2.05) is 6.07 Å². The Morgan fingerprint density at radius 3 is 2.39 bits per heavy atom. The first-order valence-corrected chi connectivity index (χ1v) is 10.7. The summed E-state index contributed by atoms with van der Waals surface area (Å²) >= 11 is 0. The van der Waals surface area contributed by atoms with Gasteiger partial charge in [-0.3, -0.25) is 0 Å². The van der Waals surface area contributed by atoms with Crippen LogP contribution in [-0.2, 0) is 9.84 Å². The molecule has 0 amide bonds. The monoisotopic (exact) mass is 405 g/mol. The van der Waals surface area contributed by atoms with Crippen LogP contribution in [0.15, 0.2) is 41.3 Å². The molecule has 1 N–H and O–H groups in total. The number of halogens is 2. The summed E-state index contributed by atoms with van der Waals surface area (Å²) in [5, 5.41) is 19.4. The van der Waals surface area contributed by atoms with Crippen molar-refractivity contribution in [3.05, 3.63) is 53.6 Å². The van der Waals surface area contributed by atoms with Gasteiger partial charge in [-0.05, 0) is 62.8 Å². The molecule has 2 aromatic rings. The minimum absolute atomic E-state index is 0.00709. The van der Waals surface area contributed by atoms with E-state index in [0.29, 0.717) is 25.7 Å². The van der Waals surface area contributed by atoms with Gasteiger partial charge in [-0.2, -0.15) is 5.26 Å². The van der Waals surface area contributed by atoms with E-state index in [1.54, 1.807) is 6.92 Å². The number of rotatable bonds is 4. The number of nitrogens with zero attached hydrogens (tertiary/aromatic N) is 1. The fraction of sp³-hybridized carbons (Fsp3) is 0.381. The molecule has 0 aromatic heterocycles. The highest BCUT2D eigenvalue weighted by atomic mass is 32.2. The molecule has 1 fully saturated rings. The van der Waals surface area contributed by atoms with Crippen LogP contribution in [-0.4, -0.2) is 24.9 Å². The van der Waals surface area contributed by atoms with E-state index in [2.05, 4.69) is 0 Å². The first-order valence-electron chi connectivity index (χ1n) is 9.06. The number of benzene rings is 2. The lowest BCUT2D eigenvalue weighted by Gasteiger charge is -2.32. The molecule has 0 bridgehead atoms. The minimum atomic E-state index is -3.63. The number of sulfone groups is 1. The topological polar surface area (TPSA) is 78.2 Å². The van der Waals surface area contributed by atoms with E-state index < -0.39 is 27.1 Å². The Morgan fingerprint density at radius 1 is 1.14 bits per heavy atom. The van der Waals surface area contributed by atoms with Crippen LogP contribution in [0.4, 0.5) is 8.78 Å². The Kier molecular flexibility index (Phi) is 5.55. The smallest absolute Gasteiger partial charge is 0.178 e. The predicted octanol–water partition coefficient (Wildman–Crippen LogP) is 4.22. The van der Waals surface area contributed by atoms with E-state index in [9.17, 15) is 27.6 Å². The summed E-state index contributed by atoms with van der Waals surface area (Å²) in [6.07, 6.45) is 2.35. The molecule has 0 radical (unpaired) electrons. The third-order valence-corrected chi connectivity index (χ3v) is 7.21. The normalized spacial score (nSPS) is 22.6. The van der Waals surface area contributed by atoms with E-state index in [4.69, 9.17) is 0 Å². The molecule has 1 aliphatic carbocycles. The quantitative estimate of drug-likeness (QED) is 0.826. The van der Waals surface area contributed by atoms with Crippen LogP contribution in [0.1, 0.15) is 38.2 Å². The maximum Gasteiger partial charge on any atom is 0.178 e. The molecule has 0 aliphatic heterocycles. The summed E-state index contributed by atoms with van der Waals surface area (Å²) in [4.78, 5) is 0.00709. The van der Waals surface area contributed by atoms with E-state index >= 15 is 0 Å². The maximum atomic E-state index is 14.1. The summed E-state index contributed by atoms with van der Waals surface area (Å²) in [6, 6.07) is 8.92. The first kappa shape index (κ1) is 20.4. The van der Waals surface area contributed by atoms with Gasteiger partial charge in [-0.15, -0.1) is 0 Å². The predicted molar refractivity (Wildman–Crippen MR) is 101 cm³/mol. The van der Waals surface area contributed by atoms with E-state index in [1.165, 1.54) is 24.3 Å². The van der Waals surface area contributed by atoms with Crippen molar-refractivity contribution in [1.29, 1.82) is 5.26 Å². The maximum absolute atomic E-state index is 14.1. The molecule has 1 aliphatic rings. The number of hydrogen-bond donors (Lipinski definition) is 1. The molecule has 28 heavy (non-hydrogen) atoms. The van der Waals surface area contributed by atoms with Crippen LogP contribution < -0.4 is 0 Å². The molecule has 148 valence electrons. The molecule has 0 heterocycles. The van der Waals surface area contributed by atoms with Gasteiger partial charge in [0.1, 0.15) is 11.6 Å². The molecule has 3 rings (SSSR count). The van der Waals surface area contributed by atoms with Crippen LogP contribution in [0.5, 0.6) is 0 Å². The molecule has 2 aromatic carbocycles. The van der Waals surface area contributed by atoms with Crippen molar-refractivity contribution in [2.45, 2.75) is 43.1 Å². The zero-order chi connectivity index (χ0) is 20.5. The van der Waals surface area contributed by atoms with Crippen LogP contribution in [0.3, 0.4) is 0 Å². The standard InChI is InChI=1S/C21H21F2NO3S/c1-21(25)8-6-14(7-9-21)13-28(26,27)17-3-5-18(15(10-17)12-24)19-4-2-16(22)11-20(19)23/h2-5,10-11,14,25H,6-9,13H2,1H3/t14-,21-. The summed E-state index contributed by atoms with van der Waals surface area (Å²) in [5.41, 5.74) is -0.475. The highest BCUT2D eigenvalue weighted by Gasteiger charge is 2.31. The van der Waals surface area contributed by atoms with Crippen LogP contribution in [0, 0.1) is 28.9 Å². The SMILES string of the molecule is C[C@]1(O)CC[C@H](CS(=O)(=O)c2ccc(-c3ccc(F)cc3F)c(C#N)c2)CC1. The molecule has 1 saturated carbocycles. The van der Waals surface area contributed by atoms with E-state index in [-0.39, 0.29) is 33.3 Å². The average Bonchev–Trinajstić information content (AvgIpc) is 2.63. The Balaban J connectivity index is 1.88. The molecule has 4 nitrogen and oxygen atoms in total. The van der Waals surface area contributed by atoms with Crippen LogP contribution >= 0.6 is 0 Å². The van der Waals surface area contributed by atoms with Crippen molar-refractivity contribution in [1.82, 2.24) is 0 Å². The second kappa shape index (κ2) is 7.61. The molecule has 0 unspecified atom stereocenters. The molecular formula is C21H21F2NO3S. The third-order valence-electron chi connectivity index (χ3n) is 5.33. The van der Waals surface area contributed by atoms with Crippen LogP contribution in [0.2, 0.25) is 0 Å². The van der Waals surface area contributed by atoms with Crippen molar-refractivity contribution in [2.75, 3.05) is 5.75 Å². The van der Waals surface area contributed by atoms with Crippen molar-refractivity contribution >= 4 is 9.84 Å². The Hall–Kier alpha value is -2.30. The number of nitriles is 1. The number of aliphatic hydroxyl groups is 1. The summed E-state index contributed by atoms with van der Waals surface area (Å²) in [6.45, 7) is 1.75. The van der Waals surface area contributed by atoms with Gasteiger partial charge >= 0.3 is 0 Å². The minimum Gasteiger partial charge on any atom is -0.390 e. The largest absolute Gasteiger partial charge is 0.390 e. The van der Waals surface area contributed by atoms with Gasteiger partial charge in [-0.25, -0.2) is 17.2 Å². The lowest BCUT2D eigenvalue weighted by molar-refractivity contribution is 0.0108. The van der Waals surface area contributed by atoms with Crippen molar-refractivity contribution in [3.8, 4) is 17.2 Å². The molecular weight excluding hydrogens is 384 g/mol. The lowest BCUT2D eigenvalue weighted by atomic mass is 9.81. The molecule has 0 spiro atoms. The molecule has 0 saturated heterocycles. The first-order chi connectivity index (χ1) is 13.1. The van der Waals surface area contributed by atoms with Gasteiger partial charge in [0, 0.05) is 17.2 Å². The highest BCUT2D eigenvalue weighted by Crippen LogP contribution is 2.34. The molecule has 0 atom stereocenters. The number of hydrogen-bond acceptors (Lipinski definition) is 4. The third kappa shape index (κ3) is 4.40. The summed E-state index contributed by atoms with van der Waals surface area (Å²) < 4.78 is 52.8. The summed E-state index contributed by atoms with van der Waals surface area (Å²) in [7, 11) is -3.63. The zero-order valence-electron chi connectivity index (χ0n) is 15.5. The Labute approximate surface area is 163 Å². The van der Waals surface area contributed by atoms with E-state index in [0.717, 1.165) is 12.1 Å². The Bertz CT molecular complexity index is 1030. The lowest BCUT2D eigenvalue weighted by Crippen LogP contribution is -2.32. The fourth-order valence-corrected chi connectivity index (χ4v) is 5.34. The van der Waals surface area contributed by atoms with Gasteiger partial charge < -0.3 is 5.11 Å². The van der Waals surface area contributed by atoms with Gasteiger partial charge in [0.15, 0.2) is 9.84 Å². The van der Waals surface area contributed by atoms with Gasteiger partial charge in [-0.1, -0.05) is 6.07 Å². The van der Waals surface area contributed by atoms with Crippen molar-refractivity contribution < 1.29 is 22.3 Å². The average molecular weight is 405 g/mol. The summed E-state index contributed by atoms with van der Waals surface area (Å²) in [5.74, 6) is -1.66. The zero-order valence-corrected chi connectivity index (χ0v) is 16.3. The highest BCUT2D eigenvalue weighted by molar-refractivity contribution is 7.91. The van der Waals surface area contributed by atoms with Gasteiger partial charge in [0.05, 0.1) is 27.9 Å². The second-order valence-corrected chi connectivity index (χ2v) is 9.70. The van der Waals surface area contributed by atoms with Crippen molar-refractivity contribution in [3.63, 3.8) is 0 Å². The Morgan fingerprint density at radius 2 is 1.79 bits per heavy atom. The van der Waals surface area contributed by atoms with Gasteiger partial charge in [0.2, 0.25) is 0 Å².